The first-order valence-corrected chi connectivity index (χ1v) is 7.42. The predicted molar refractivity (Wildman–Crippen MR) is 80.9 cm³/mol. The molecular weight excluding hydrogens is 248 g/mol. The van der Waals surface area contributed by atoms with Crippen LogP contribution in [0.2, 0.25) is 0 Å². The maximum Gasteiger partial charge on any atom is 0.165 e. The molecule has 0 saturated carbocycles. The number of carbonyl (C=O) groups is 1. The molecule has 3 rings (SSSR count). The topological polar surface area (TPSA) is 42.0 Å². The molecule has 3 heteroatoms. The highest BCUT2D eigenvalue weighted by Crippen LogP contribution is 2.22. The van der Waals surface area contributed by atoms with E-state index in [1.807, 2.05) is 30.3 Å². The fourth-order valence-electron chi connectivity index (χ4n) is 2.97. The molecule has 1 saturated heterocycles. The number of nitrogens with zero attached hydrogens (tertiary/aromatic N) is 1. The Bertz CT molecular complexity index is 597. The Labute approximate surface area is 119 Å². The van der Waals surface area contributed by atoms with Gasteiger partial charge < -0.3 is 5.32 Å². The molecule has 2 heterocycles. The van der Waals surface area contributed by atoms with Gasteiger partial charge >= 0.3 is 0 Å². The number of aromatic nitrogens is 1. The smallest absolute Gasteiger partial charge is 0.165 e. The van der Waals surface area contributed by atoms with Crippen molar-refractivity contribution < 1.29 is 4.79 Å². The van der Waals surface area contributed by atoms with Crippen molar-refractivity contribution >= 4 is 16.7 Å². The van der Waals surface area contributed by atoms with Gasteiger partial charge in [-0.15, -0.1) is 0 Å². The average molecular weight is 268 g/mol. The number of benzene rings is 1. The number of para-hydroxylation sites is 1. The van der Waals surface area contributed by atoms with Crippen molar-refractivity contribution in [3.05, 3.63) is 42.1 Å². The van der Waals surface area contributed by atoms with Crippen LogP contribution >= 0.6 is 0 Å². The molecule has 0 unspecified atom stereocenters. The van der Waals surface area contributed by atoms with Crippen LogP contribution in [0.15, 0.2) is 36.5 Å². The van der Waals surface area contributed by atoms with Crippen LogP contribution in [0.3, 0.4) is 0 Å². The first-order chi connectivity index (χ1) is 9.84. The van der Waals surface area contributed by atoms with Crippen LogP contribution in [0.5, 0.6) is 0 Å². The molecule has 2 aromatic rings. The van der Waals surface area contributed by atoms with Crippen LogP contribution in [-0.4, -0.2) is 23.9 Å². The first-order valence-electron chi connectivity index (χ1n) is 7.42. The fourth-order valence-corrected chi connectivity index (χ4v) is 2.97. The number of nitrogens with one attached hydrogen (secondary N) is 1. The molecule has 1 aromatic carbocycles. The number of pyridine rings is 1. The quantitative estimate of drug-likeness (QED) is 0.866. The van der Waals surface area contributed by atoms with Gasteiger partial charge in [-0.2, -0.15) is 0 Å². The number of hydrogen-bond donors (Lipinski definition) is 1. The first kappa shape index (κ1) is 13.3. The molecule has 0 amide bonds. The number of rotatable bonds is 4. The lowest BCUT2D eigenvalue weighted by Gasteiger charge is -2.22. The lowest BCUT2D eigenvalue weighted by Crippen LogP contribution is -2.28. The summed E-state index contributed by atoms with van der Waals surface area (Å²) in [6, 6.07) is 9.77. The van der Waals surface area contributed by atoms with E-state index in [0.717, 1.165) is 36.0 Å². The van der Waals surface area contributed by atoms with Crippen molar-refractivity contribution in [1.82, 2.24) is 10.3 Å². The zero-order valence-corrected chi connectivity index (χ0v) is 11.6. The summed E-state index contributed by atoms with van der Waals surface area (Å²) in [6.45, 7) is 2.18. The Morgan fingerprint density at radius 3 is 2.85 bits per heavy atom. The van der Waals surface area contributed by atoms with Crippen molar-refractivity contribution in [3.63, 3.8) is 0 Å². The summed E-state index contributed by atoms with van der Waals surface area (Å²) in [5.74, 6) is 0.927. The van der Waals surface area contributed by atoms with Crippen LogP contribution in [-0.2, 0) is 0 Å². The molecule has 3 nitrogen and oxygen atoms in total. The summed E-state index contributed by atoms with van der Waals surface area (Å²) in [7, 11) is 0. The fraction of sp³-hybridized carbons (Fsp3) is 0.412. The zero-order chi connectivity index (χ0) is 13.8. The molecule has 1 N–H and O–H groups in total. The molecule has 20 heavy (non-hydrogen) atoms. The van der Waals surface area contributed by atoms with E-state index in [1.54, 1.807) is 6.20 Å². The van der Waals surface area contributed by atoms with E-state index in [9.17, 15) is 4.79 Å². The Kier molecular flexibility index (Phi) is 4.07. The molecule has 0 aliphatic carbocycles. The van der Waals surface area contributed by atoms with E-state index in [0.29, 0.717) is 12.3 Å². The maximum atomic E-state index is 12.4. The predicted octanol–water partition coefficient (Wildman–Crippen LogP) is 3.20. The Balaban J connectivity index is 1.72. The largest absolute Gasteiger partial charge is 0.317 e. The van der Waals surface area contributed by atoms with E-state index < -0.39 is 0 Å². The highest BCUT2D eigenvalue weighted by molar-refractivity contribution is 6.06. The van der Waals surface area contributed by atoms with Gasteiger partial charge in [0.05, 0.1) is 5.52 Å². The molecule has 0 atom stereocenters. The van der Waals surface area contributed by atoms with Gasteiger partial charge in [-0.25, -0.2) is 0 Å². The Hall–Kier alpha value is -1.74. The van der Waals surface area contributed by atoms with E-state index in [2.05, 4.69) is 10.3 Å². The third-order valence-corrected chi connectivity index (χ3v) is 4.17. The second-order valence-electron chi connectivity index (χ2n) is 5.54. The Morgan fingerprint density at radius 2 is 2.00 bits per heavy atom. The van der Waals surface area contributed by atoms with E-state index in [-0.39, 0.29) is 5.78 Å². The minimum absolute atomic E-state index is 0.229. The van der Waals surface area contributed by atoms with E-state index in [4.69, 9.17) is 0 Å². The summed E-state index contributed by atoms with van der Waals surface area (Å²) >= 11 is 0. The molecule has 0 bridgehead atoms. The van der Waals surface area contributed by atoms with Gasteiger partial charge in [0, 0.05) is 23.6 Å². The molecule has 1 aromatic heterocycles. The minimum atomic E-state index is 0.229. The summed E-state index contributed by atoms with van der Waals surface area (Å²) in [5.41, 5.74) is 1.61. The van der Waals surface area contributed by atoms with Crippen LogP contribution in [0, 0.1) is 5.92 Å². The summed E-state index contributed by atoms with van der Waals surface area (Å²) < 4.78 is 0. The van der Waals surface area contributed by atoms with E-state index in [1.165, 1.54) is 12.8 Å². The summed E-state index contributed by atoms with van der Waals surface area (Å²) in [6.07, 6.45) is 5.79. The van der Waals surface area contributed by atoms with Crippen molar-refractivity contribution in [2.24, 2.45) is 5.92 Å². The third-order valence-electron chi connectivity index (χ3n) is 4.17. The number of fused-ring (bicyclic) bond motifs is 1. The highest BCUT2D eigenvalue weighted by atomic mass is 16.1. The molecular formula is C17H20N2O. The standard InChI is InChI=1S/C17H20N2O/c20-16(7-6-13-8-11-18-12-9-13)15-5-1-3-14-4-2-10-19-17(14)15/h1-5,10,13,18H,6-9,11-12H2. The molecule has 0 spiro atoms. The van der Waals surface area contributed by atoms with Gasteiger partial charge in [-0.3, -0.25) is 9.78 Å². The number of carbonyl (C=O) groups excluding carboxylic acids is 1. The van der Waals surface area contributed by atoms with Gasteiger partial charge in [-0.1, -0.05) is 18.2 Å². The molecule has 1 fully saturated rings. The third kappa shape index (κ3) is 2.88. The summed E-state index contributed by atoms with van der Waals surface area (Å²) in [4.78, 5) is 16.8. The number of hydrogen-bond acceptors (Lipinski definition) is 3. The maximum absolute atomic E-state index is 12.4. The number of ketones is 1. The molecule has 1 aliphatic heterocycles. The molecule has 0 radical (unpaired) electrons. The highest BCUT2D eigenvalue weighted by Gasteiger charge is 2.16. The van der Waals surface area contributed by atoms with Gasteiger partial charge in [0.2, 0.25) is 0 Å². The second kappa shape index (κ2) is 6.14. The minimum Gasteiger partial charge on any atom is -0.317 e. The van der Waals surface area contributed by atoms with Gasteiger partial charge in [0.25, 0.3) is 0 Å². The van der Waals surface area contributed by atoms with Crippen LogP contribution in [0.1, 0.15) is 36.0 Å². The SMILES string of the molecule is O=C(CCC1CCNCC1)c1cccc2cccnc12. The second-order valence-corrected chi connectivity index (χ2v) is 5.54. The summed E-state index contributed by atoms with van der Waals surface area (Å²) in [5, 5.41) is 4.41. The van der Waals surface area contributed by atoms with Gasteiger partial charge in [0.15, 0.2) is 5.78 Å². The normalized spacial score (nSPS) is 16.4. The van der Waals surface area contributed by atoms with Crippen LogP contribution < -0.4 is 5.32 Å². The molecule has 104 valence electrons. The zero-order valence-electron chi connectivity index (χ0n) is 11.6. The van der Waals surface area contributed by atoms with Gasteiger partial charge in [0.1, 0.15) is 0 Å². The van der Waals surface area contributed by atoms with E-state index >= 15 is 0 Å². The van der Waals surface area contributed by atoms with Crippen LogP contribution in [0.4, 0.5) is 0 Å². The van der Waals surface area contributed by atoms with Crippen molar-refractivity contribution in [2.75, 3.05) is 13.1 Å². The van der Waals surface area contributed by atoms with Crippen molar-refractivity contribution in [1.29, 1.82) is 0 Å². The molecule has 1 aliphatic rings. The van der Waals surface area contributed by atoms with Gasteiger partial charge in [-0.05, 0) is 50.4 Å². The number of piperidine rings is 1. The van der Waals surface area contributed by atoms with Crippen molar-refractivity contribution in [2.45, 2.75) is 25.7 Å². The van der Waals surface area contributed by atoms with Crippen LogP contribution in [0.25, 0.3) is 10.9 Å². The lowest BCUT2D eigenvalue weighted by molar-refractivity contribution is 0.0972. The average Bonchev–Trinajstić information content (AvgIpc) is 2.53. The number of Topliss-reactive ketones (excluding diaryl/α,β-unsaturated/α-hetero) is 1. The monoisotopic (exact) mass is 268 g/mol. The van der Waals surface area contributed by atoms with Crippen molar-refractivity contribution in [3.8, 4) is 0 Å². The Morgan fingerprint density at radius 1 is 1.20 bits per heavy atom. The lowest BCUT2D eigenvalue weighted by atomic mass is 9.91.